The van der Waals surface area contributed by atoms with Gasteiger partial charge in [0.05, 0.1) is 18.6 Å². The molecule has 7 nitrogen and oxygen atoms in total. The molecule has 1 amide bonds. The van der Waals surface area contributed by atoms with Gasteiger partial charge in [0.15, 0.2) is 0 Å². The van der Waals surface area contributed by atoms with Crippen LogP contribution in [0.25, 0.3) is 0 Å². The fourth-order valence-electron chi connectivity index (χ4n) is 1.83. The maximum absolute atomic E-state index is 11.9. The summed E-state index contributed by atoms with van der Waals surface area (Å²) in [5, 5.41) is 12.3. The van der Waals surface area contributed by atoms with Crippen molar-refractivity contribution in [2.75, 3.05) is 0 Å². The minimum Gasteiger partial charge on any atom is -0.477 e. The van der Waals surface area contributed by atoms with Crippen LogP contribution in [0, 0.1) is 0 Å². The Morgan fingerprint density at radius 1 is 1.48 bits per heavy atom. The lowest BCUT2D eigenvalue weighted by Gasteiger charge is -2.11. The lowest BCUT2D eigenvalue weighted by molar-refractivity contribution is -0.121. The highest BCUT2D eigenvalue weighted by Gasteiger charge is 2.16. The van der Waals surface area contributed by atoms with Gasteiger partial charge >= 0.3 is 5.97 Å². The Bertz CT molecular complexity index is 649. The highest BCUT2D eigenvalue weighted by atomic mass is 32.1. The molecule has 2 rings (SSSR count). The number of carbonyl (C=O) groups excluding carboxylic acids is 1. The lowest BCUT2D eigenvalue weighted by Crippen LogP contribution is -2.26. The van der Waals surface area contributed by atoms with E-state index in [2.05, 4.69) is 15.3 Å². The first-order valence-corrected chi connectivity index (χ1v) is 7.22. The molecule has 2 aromatic heterocycles. The van der Waals surface area contributed by atoms with Gasteiger partial charge in [0.1, 0.15) is 9.88 Å². The largest absolute Gasteiger partial charge is 0.477 e. The molecular formula is C13H16N4O3S. The molecule has 0 aliphatic heterocycles. The quantitative estimate of drug-likeness (QED) is 0.840. The molecule has 0 aliphatic rings. The van der Waals surface area contributed by atoms with E-state index in [1.807, 2.05) is 11.6 Å². The smallest absolute Gasteiger partial charge is 0.347 e. The number of carboxylic acid groups (broad SMARTS) is 1. The van der Waals surface area contributed by atoms with Gasteiger partial charge in [-0.3, -0.25) is 4.79 Å². The summed E-state index contributed by atoms with van der Waals surface area (Å²) >= 11 is 1.07. The van der Waals surface area contributed by atoms with Crippen LogP contribution < -0.4 is 5.32 Å². The van der Waals surface area contributed by atoms with Gasteiger partial charge in [0.2, 0.25) is 5.91 Å². The summed E-state index contributed by atoms with van der Waals surface area (Å²) in [4.78, 5) is 30.9. The van der Waals surface area contributed by atoms with Gasteiger partial charge in [-0.2, -0.15) is 0 Å². The van der Waals surface area contributed by atoms with Crippen molar-refractivity contribution in [3.8, 4) is 0 Å². The van der Waals surface area contributed by atoms with Gasteiger partial charge in [-0.05, 0) is 13.3 Å². The second-order valence-corrected chi connectivity index (χ2v) is 5.72. The average Bonchev–Trinajstić information content (AvgIpc) is 3.05. The van der Waals surface area contributed by atoms with Gasteiger partial charge in [0.25, 0.3) is 0 Å². The van der Waals surface area contributed by atoms with E-state index in [0.717, 1.165) is 17.0 Å². The Kier molecular flexibility index (Phi) is 4.69. The van der Waals surface area contributed by atoms with Crippen LogP contribution in [0.5, 0.6) is 0 Å². The van der Waals surface area contributed by atoms with Crippen molar-refractivity contribution >= 4 is 23.2 Å². The SMILES string of the molecule is CC(NC(=O)CCc1cncn1C)c1ncc(C(=O)O)s1. The topological polar surface area (TPSA) is 97.1 Å². The van der Waals surface area contributed by atoms with Crippen molar-refractivity contribution in [1.29, 1.82) is 0 Å². The number of amides is 1. The standard InChI is InChI=1S/C13H16N4O3S/c1-8(12-15-6-10(21-12)13(19)20)16-11(18)4-3-9-5-14-7-17(9)2/h5-8H,3-4H2,1-2H3,(H,16,18)(H,19,20). The van der Waals surface area contributed by atoms with Crippen LogP contribution in [0.15, 0.2) is 18.7 Å². The fraction of sp³-hybridized carbons (Fsp3) is 0.385. The van der Waals surface area contributed by atoms with Crippen LogP contribution in [0.3, 0.4) is 0 Å². The highest BCUT2D eigenvalue weighted by molar-refractivity contribution is 7.13. The first-order valence-electron chi connectivity index (χ1n) is 6.41. The summed E-state index contributed by atoms with van der Waals surface area (Å²) in [7, 11) is 1.88. The van der Waals surface area contributed by atoms with Crippen LogP contribution in [0.4, 0.5) is 0 Å². The zero-order valence-corrected chi connectivity index (χ0v) is 12.6. The Morgan fingerprint density at radius 2 is 2.24 bits per heavy atom. The average molecular weight is 308 g/mol. The number of imidazole rings is 1. The molecule has 0 bridgehead atoms. The van der Waals surface area contributed by atoms with Crippen molar-refractivity contribution in [2.45, 2.75) is 25.8 Å². The van der Waals surface area contributed by atoms with Crippen LogP contribution >= 0.6 is 11.3 Å². The molecule has 0 saturated carbocycles. The van der Waals surface area contributed by atoms with E-state index in [1.165, 1.54) is 6.20 Å². The van der Waals surface area contributed by atoms with Crippen molar-refractivity contribution in [3.63, 3.8) is 0 Å². The number of aromatic carboxylic acids is 1. The molecule has 8 heteroatoms. The Morgan fingerprint density at radius 3 is 2.81 bits per heavy atom. The molecule has 1 atom stereocenters. The Hall–Kier alpha value is -2.22. The third kappa shape index (κ3) is 3.88. The van der Waals surface area contributed by atoms with Crippen molar-refractivity contribution in [2.24, 2.45) is 7.05 Å². The minimum absolute atomic E-state index is 0.101. The molecule has 0 radical (unpaired) electrons. The third-order valence-corrected chi connectivity index (χ3v) is 4.17. The predicted molar refractivity (Wildman–Crippen MR) is 77.2 cm³/mol. The van der Waals surface area contributed by atoms with E-state index >= 15 is 0 Å². The van der Waals surface area contributed by atoms with Crippen molar-refractivity contribution in [3.05, 3.63) is 34.3 Å². The first kappa shape index (κ1) is 15.2. The van der Waals surface area contributed by atoms with E-state index in [0.29, 0.717) is 17.8 Å². The fourth-order valence-corrected chi connectivity index (χ4v) is 2.59. The van der Waals surface area contributed by atoms with Gasteiger partial charge in [-0.15, -0.1) is 11.3 Å². The number of hydrogen-bond acceptors (Lipinski definition) is 5. The lowest BCUT2D eigenvalue weighted by atomic mass is 10.2. The highest BCUT2D eigenvalue weighted by Crippen LogP contribution is 2.20. The zero-order chi connectivity index (χ0) is 15.4. The molecule has 0 spiro atoms. The zero-order valence-electron chi connectivity index (χ0n) is 11.7. The number of aryl methyl sites for hydroxylation is 2. The maximum atomic E-state index is 11.9. The number of carbonyl (C=O) groups is 2. The Labute approximate surface area is 125 Å². The number of nitrogens with zero attached hydrogens (tertiary/aromatic N) is 3. The van der Waals surface area contributed by atoms with Crippen molar-refractivity contribution in [1.82, 2.24) is 19.9 Å². The molecule has 0 fully saturated rings. The van der Waals surface area contributed by atoms with E-state index in [-0.39, 0.29) is 16.8 Å². The molecule has 0 aliphatic carbocycles. The van der Waals surface area contributed by atoms with Gasteiger partial charge in [0, 0.05) is 25.4 Å². The summed E-state index contributed by atoms with van der Waals surface area (Å²) in [5.74, 6) is -1.11. The van der Waals surface area contributed by atoms with E-state index in [9.17, 15) is 9.59 Å². The monoisotopic (exact) mass is 308 g/mol. The summed E-state index contributed by atoms with van der Waals surface area (Å²) < 4.78 is 1.87. The summed E-state index contributed by atoms with van der Waals surface area (Å²) in [6.07, 6.45) is 5.69. The Balaban J connectivity index is 1.86. The van der Waals surface area contributed by atoms with Gasteiger partial charge in [-0.25, -0.2) is 14.8 Å². The number of nitrogens with one attached hydrogen (secondary N) is 1. The summed E-state index contributed by atoms with van der Waals surface area (Å²) in [5.41, 5.74) is 0.986. The molecule has 2 aromatic rings. The second kappa shape index (κ2) is 6.49. The number of rotatable bonds is 6. The molecule has 21 heavy (non-hydrogen) atoms. The normalized spacial score (nSPS) is 12.1. The van der Waals surface area contributed by atoms with Crippen LogP contribution in [-0.4, -0.2) is 31.5 Å². The molecule has 112 valence electrons. The maximum Gasteiger partial charge on any atom is 0.347 e. The number of carboxylic acids is 1. The summed E-state index contributed by atoms with van der Waals surface area (Å²) in [6, 6.07) is -0.304. The number of thiazole rings is 1. The second-order valence-electron chi connectivity index (χ2n) is 4.65. The summed E-state index contributed by atoms with van der Waals surface area (Å²) in [6.45, 7) is 1.78. The number of aromatic nitrogens is 3. The number of hydrogen-bond donors (Lipinski definition) is 2. The predicted octanol–water partition coefficient (Wildman–Crippen LogP) is 1.38. The molecule has 2 heterocycles. The molecule has 2 N–H and O–H groups in total. The van der Waals surface area contributed by atoms with Crippen LogP contribution in [0.1, 0.15) is 39.8 Å². The van der Waals surface area contributed by atoms with Crippen LogP contribution in [-0.2, 0) is 18.3 Å². The first-order chi connectivity index (χ1) is 9.97. The van der Waals surface area contributed by atoms with Gasteiger partial charge < -0.3 is 15.0 Å². The van der Waals surface area contributed by atoms with Crippen molar-refractivity contribution < 1.29 is 14.7 Å². The van der Waals surface area contributed by atoms with E-state index in [4.69, 9.17) is 5.11 Å². The molecule has 0 saturated heterocycles. The minimum atomic E-state index is -1.01. The third-order valence-electron chi connectivity index (χ3n) is 3.01. The molecule has 1 unspecified atom stereocenters. The molecule has 0 aromatic carbocycles. The van der Waals surface area contributed by atoms with Crippen LogP contribution in [0.2, 0.25) is 0 Å². The van der Waals surface area contributed by atoms with Gasteiger partial charge in [-0.1, -0.05) is 0 Å². The van der Waals surface area contributed by atoms with E-state index in [1.54, 1.807) is 19.4 Å². The van der Waals surface area contributed by atoms with E-state index < -0.39 is 5.97 Å². The molecular weight excluding hydrogens is 292 g/mol.